The molecule has 0 amide bonds. The lowest BCUT2D eigenvalue weighted by Gasteiger charge is -2.61. The van der Waals surface area contributed by atoms with E-state index in [4.69, 9.17) is 9.47 Å². The van der Waals surface area contributed by atoms with Crippen molar-refractivity contribution in [2.75, 3.05) is 20.7 Å². The van der Waals surface area contributed by atoms with Crippen molar-refractivity contribution in [2.24, 2.45) is 17.3 Å². The van der Waals surface area contributed by atoms with Crippen LogP contribution in [-0.2, 0) is 16.6 Å². The van der Waals surface area contributed by atoms with E-state index in [0.717, 1.165) is 30.9 Å². The lowest BCUT2D eigenvalue weighted by molar-refractivity contribution is -0.150. The summed E-state index contributed by atoms with van der Waals surface area (Å²) in [4.78, 5) is 15.8. The molecule has 4 heteroatoms. The molecular weight excluding hydrogens is 326 g/mol. The number of likely N-dealkylation sites (tertiary alicyclic amines) is 1. The molecule has 1 aromatic carbocycles. The van der Waals surface area contributed by atoms with E-state index >= 15 is 0 Å². The average molecular weight is 355 g/mol. The second kappa shape index (κ2) is 5.03. The van der Waals surface area contributed by atoms with Crippen molar-refractivity contribution in [3.8, 4) is 11.5 Å². The van der Waals surface area contributed by atoms with Crippen LogP contribution in [-0.4, -0.2) is 43.5 Å². The van der Waals surface area contributed by atoms with Gasteiger partial charge in [0.05, 0.1) is 7.11 Å². The van der Waals surface area contributed by atoms with Gasteiger partial charge in [-0.25, -0.2) is 0 Å². The Hall–Kier alpha value is -1.55. The number of hydrogen-bond acceptors (Lipinski definition) is 4. The summed E-state index contributed by atoms with van der Waals surface area (Å²) in [6.07, 6.45) is 2.36. The van der Waals surface area contributed by atoms with E-state index in [0.29, 0.717) is 24.3 Å². The minimum atomic E-state index is -0.326. The number of Topliss-reactive ketones (excluding diaryl/α,β-unsaturated/α-hetero) is 1. The first-order valence-corrected chi connectivity index (χ1v) is 9.89. The van der Waals surface area contributed by atoms with Gasteiger partial charge in [0.2, 0.25) is 0 Å². The molecule has 5 atom stereocenters. The molecule has 26 heavy (non-hydrogen) atoms. The standard InChI is InChI=1S/C22H29NO3/c1-21(2,3)13-11-15(24)20-22-8-9-23(4)14(18(13)22)10-12-6-7-16(25-5)19(26-20)17(12)22/h6-7,13-14,18,20H,8-11H2,1-5H3/t13-,14?,18?,20?,22?/m0/s1. The Kier molecular flexibility index (Phi) is 3.22. The summed E-state index contributed by atoms with van der Waals surface area (Å²) in [7, 11) is 3.95. The van der Waals surface area contributed by atoms with Crippen LogP contribution in [0.2, 0.25) is 0 Å². The number of hydrogen-bond donors (Lipinski definition) is 0. The third kappa shape index (κ3) is 1.81. The first-order chi connectivity index (χ1) is 12.3. The lowest BCUT2D eigenvalue weighted by atomic mass is 9.46. The summed E-state index contributed by atoms with van der Waals surface area (Å²) in [6, 6.07) is 4.71. The van der Waals surface area contributed by atoms with E-state index < -0.39 is 0 Å². The molecule has 2 heterocycles. The van der Waals surface area contributed by atoms with Crippen LogP contribution in [0.3, 0.4) is 0 Å². The van der Waals surface area contributed by atoms with E-state index in [-0.39, 0.29) is 22.7 Å². The molecule has 4 aliphatic rings. The van der Waals surface area contributed by atoms with E-state index in [2.05, 4.69) is 38.8 Å². The Balaban J connectivity index is 1.80. The summed E-state index contributed by atoms with van der Waals surface area (Å²) in [6.45, 7) is 7.93. The third-order valence-corrected chi connectivity index (χ3v) is 7.74. The molecule has 1 saturated heterocycles. The van der Waals surface area contributed by atoms with Crippen LogP contribution in [0, 0.1) is 17.3 Å². The number of ketones is 1. The van der Waals surface area contributed by atoms with Crippen molar-refractivity contribution in [3.63, 3.8) is 0 Å². The summed E-state index contributed by atoms with van der Waals surface area (Å²) in [5.74, 6) is 2.77. The van der Waals surface area contributed by atoms with Gasteiger partial charge in [0.15, 0.2) is 23.4 Å². The SMILES string of the molecule is COc1ccc2c3c1OC1C(=O)C[C@H](C(C)(C)C)C4C(C2)N(C)CCC314. The first-order valence-electron chi connectivity index (χ1n) is 9.89. The van der Waals surface area contributed by atoms with Crippen LogP contribution >= 0.6 is 0 Å². The quantitative estimate of drug-likeness (QED) is 0.775. The summed E-state index contributed by atoms with van der Waals surface area (Å²) in [5, 5.41) is 0. The molecule has 1 aromatic rings. The maximum atomic E-state index is 13.3. The van der Waals surface area contributed by atoms with Crippen LogP contribution in [0.15, 0.2) is 12.1 Å². The fraction of sp³-hybridized carbons (Fsp3) is 0.682. The number of carbonyl (C=O) groups is 1. The van der Waals surface area contributed by atoms with Crippen molar-refractivity contribution in [1.29, 1.82) is 0 Å². The van der Waals surface area contributed by atoms with Crippen molar-refractivity contribution < 1.29 is 14.3 Å². The molecule has 1 saturated carbocycles. The van der Waals surface area contributed by atoms with Gasteiger partial charge in [-0.3, -0.25) is 4.79 Å². The predicted octanol–water partition coefficient (Wildman–Crippen LogP) is 3.21. The van der Waals surface area contributed by atoms with Gasteiger partial charge in [-0.1, -0.05) is 26.8 Å². The van der Waals surface area contributed by atoms with E-state index in [9.17, 15) is 4.79 Å². The number of benzene rings is 1. The second-order valence-corrected chi connectivity index (χ2v) is 9.84. The third-order valence-electron chi connectivity index (χ3n) is 7.74. The van der Waals surface area contributed by atoms with Gasteiger partial charge in [0.25, 0.3) is 0 Å². The molecule has 2 fully saturated rings. The van der Waals surface area contributed by atoms with Crippen molar-refractivity contribution in [1.82, 2.24) is 4.90 Å². The fourth-order valence-electron chi connectivity index (χ4n) is 6.61. The second-order valence-electron chi connectivity index (χ2n) is 9.84. The zero-order valence-electron chi connectivity index (χ0n) is 16.5. The minimum Gasteiger partial charge on any atom is -0.493 e. The number of methoxy groups -OCH3 is 1. The Bertz CT molecular complexity index is 795. The van der Waals surface area contributed by atoms with Crippen LogP contribution in [0.5, 0.6) is 11.5 Å². The number of nitrogens with zero attached hydrogens (tertiary/aromatic N) is 1. The number of carbonyl (C=O) groups excluding carboxylic acids is 1. The van der Waals surface area contributed by atoms with Crippen molar-refractivity contribution in [2.45, 2.75) is 57.6 Å². The van der Waals surface area contributed by atoms with E-state index in [1.54, 1.807) is 7.11 Å². The molecule has 2 aliphatic heterocycles. The molecule has 0 aromatic heterocycles. The molecule has 2 bridgehead atoms. The Morgan fingerprint density at radius 1 is 1.27 bits per heavy atom. The van der Waals surface area contributed by atoms with E-state index in [1.807, 2.05) is 6.07 Å². The highest BCUT2D eigenvalue weighted by Crippen LogP contribution is 2.66. The van der Waals surface area contributed by atoms with Gasteiger partial charge < -0.3 is 14.4 Å². The molecule has 0 radical (unpaired) electrons. The highest BCUT2D eigenvalue weighted by molar-refractivity contribution is 5.89. The summed E-state index contributed by atoms with van der Waals surface area (Å²) < 4.78 is 12.0. The predicted molar refractivity (Wildman–Crippen MR) is 99.9 cm³/mol. The lowest BCUT2D eigenvalue weighted by Crippen LogP contribution is -2.69. The van der Waals surface area contributed by atoms with Gasteiger partial charge in [0.1, 0.15) is 0 Å². The van der Waals surface area contributed by atoms with Gasteiger partial charge in [-0.2, -0.15) is 0 Å². The zero-order valence-corrected chi connectivity index (χ0v) is 16.5. The maximum Gasteiger partial charge on any atom is 0.174 e. The molecular formula is C22H29NO3. The normalized spacial score (nSPS) is 38.0. The largest absolute Gasteiger partial charge is 0.493 e. The molecule has 140 valence electrons. The summed E-state index contributed by atoms with van der Waals surface area (Å²) >= 11 is 0. The number of ether oxygens (including phenoxy) is 2. The van der Waals surface area contributed by atoms with Crippen LogP contribution in [0.4, 0.5) is 0 Å². The van der Waals surface area contributed by atoms with Crippen molar-refractivity contribution in [3.05, 3.63) is 23.3 Å². The van der Waals surface area contributed by atoms with Crippen molar-refractivity contribution >= 4 is 5.78 Å². The minimum absolute atomic E-state index is 0.105. The van der Waals surface area contributed by atoms with E-state index in [1.165, 1.54) is 11.1 Å². The van der Waals surface area contributed by atoms with Gasteiger partial charge in [-0.15, -0.1) is 0 Å². The van der Waals surface area contributed by atoms with Gasteiger partial charge in [0, 0.05) is 23.4 Å². The van der Waals surface area contributed by atoms with Crippen LogP contribution < -0.4 is 9.47 Å². The molecule has 1 spiro atoms. The highest BCUT2D eigenvalue weighted by Gasteiger charge is 2.69. The Labute approximate surface area is 155 Å². The smallest absolute Gasteiger partial charge is 0.174 e. The average Bonchev–Trinajstić information content (AvgIpc) is 2.93. The molecule has 5 rings (SSSR count). The number of likely N-dealkylation sites (N-methyl/N-ethyl adjacent to an activating group) is 1. The Morgan fingerprint density at radius 2 is 2.04 bits per heavy atom. The van der Waals surface area contributed by atoms with Crippen LogP contribution in [0.25, 0.3) is 0 Å². The molecule has 4 nitrogen and oxygen atoms in total. The van der Waals surface area contributed by atoms with Crippen LogP contribution in [0.1, 0.15) is 44.7 Å². The molecule has 4 unspecified atom stereocenters. The first kappa shape index (κ1) is 16.6. The monoisotopic (exact) mass is 355 g/mol. The van der Waals surface area contributed by atoms with Gasteiger partial charge >= 0.3 is 0 Å². The molecule has 2 aliphatic carbocycles. The Morgan fingerprint density at radius 3 is 2.73 bits per heavy atom. The zero-order chi connectivity index (χ0) is 18.4. The topological polar surface area (TPSA) is 38.8 Å². The highest BCUT2D eigenvalue weighted by atomic mass is 16.5. The number of rotatable bonds is 1. The summed E-state index contributed by atoms with van der Waals surface area (Å²) in [5.41, 5.74) is 2.60. The molecule has 0 N–H and O–H groups in total. The maximum absolute atomic E-state index is 13.3. The fourth-order valence-corrected chi connectivity index (χ4v) is 6.61. The number of piperidine rings is 1. The van der Waals surface area contributed by atoms with Gasteiger partial charge in [-0.05, 0) is 55.3 Å².